The molecule has 0 unspecified atom stereocenters. The van der Waals surface area contributed by atoms with Gasteiger partial charge in [0.1, 0.15) is 5.82 Å². The Hall–Kier alpha value is -2.98. The highest BCUT2D eigenvalue weighted by molar-refractivity contribution is 7.88. The molecule has 9 nitrogen and oxygen atoms in total. The van der Waals surface area contributed by atoms with Gasteiger partial charge in [0.25, 0.3) is 0 Å². The standard InChI is InChI=1S/C25H28N4O5S/c1-35(32,33)29-14-12-27(13-15-29)21-7-6-18(16-26-21)24(8-9-24)23(31)28-11-10-25(17-28)20-5-3-2-4-19(20)22(30)34-25/h2-7,16H,8-15,17H2,1H3/t25-/m0/s1. The van der Waals surface area contributed by atoms with Crippen LogP contribution in [0.5, 0.6) is 0 Å². The number of ether oxygens (including phenoxy) is 1. The molecule has 6 rings (SSSR count). The van der Waals surface area contributed by atoms with Crippen LogP contribution in [0.25, 0.3) is 0 Å². The summed E-state index contributed by atoms with van der Waals surface area (Å²) >= 11 is 0. The highest BCUT2D eigenvalue weighted by Gasteiger charge is 2.57. The minimum atomic E-state index is -3.18. The Morgan fingerprint density at radius 3 is 2.40 bits per heavy atom. The van der Waals surface area contributed by atoms with Crippen LogP contribution in [0.3, 0.4) is 0 Å². The maximum absolute atomic E-state index is 13.7. The summed E-state index contributed by atoms with van der Waals surface area (Å²) in [6.45, 7) is 2.98. The lowest BCUT2D eigenvalue weighted by molar-refractivity contribution is -0.134. The van der Waals surface area contributed by atoms with Crippen LogP contribution in [-0.4, -0.2) is 80.0 Å². The van der Waals surface area contributed by atoms with E-state index in [0.29, 0.717) is 51.3 Å². The van der Waals surface area contributed by atoms with Crippen LogP contribution in [0, 0.1) is 0 Å². The molecule has 2 aromatic rings. The van der Waals surface area contributed by atoms with Crippen LogP contribution in [0.1, 0.15) is 40.7 Å². The van der Waals surface area contributed by atoms with E-state index in [4.69, 9.17) is 4.74 Å². The second-order valence-electron chi connectivity index (χ2n) is 10.0. The highest BCUT2D eigenvalue weighted by atomic mass is 32.2. The molecule has 0 radical (unpaired) electrons. The number of pyridine rings is 1. The van der Waals surface area contributed by atoms with Crippen LogP contribution in [-0.2, 0) is 30.6 Å². The van der Waals surface area contributed by atoms with Crippen LogP contribution in [0.4, 0.5) is 5.82 Å². The Morgan fingerprint density at radius 1 is 1.00 bits per heavy atom. The van der Waals surface area contributed by atoms with E-state index in [-0.39, 0.29) is 11.9 Å². The van der Waals surface area contributed by atoms with Crippen molar-refractivity contribution in [1.82, 2.24) is 14.2 Å². The second-order valence-corrected chi connectivity index (χ2v) is 12.0. The van der Waals surface area contributed by atoms with E-state index in [1.54, 1.807) is 12.3 Å². The van der Waals surface area contributed by atoms with Crippen molar-refractivity contribution >= 4 is 27.7 Å². The molecule has 1 amide bonds. The van der Waals surface area contributed by atoms with Gasteiger partial charge in [-0.15, -0.1) is 0 Å². The number of benzene rings is 1. The molecule has 10 heteroatoms. The molecule has 2 saturated heterocycles. The lowest BCUT2D eigenvalue weighted by Crippen LogP contribution is -2.48. The number of esters is 1. The van der Waals surface area contributed by atoms with Gasteiger partial charge in [-0.1, -0.05) is 24.3 Å². The Labute approximate surface area is 204 Å². The van der Waals surface area contributed by atoms with Crippen molar-refractivity contribution in [3.05, 3.63) is 59.3 Å². The lowest BCUT2D eigenvalue weighted by Gasteiger charge is -2.34. The molecule has 3 aliphatic heterocycles. The van der Waals surface area contributed by atoms with Gasteiger partial charge >= 0.3 is 5.97 Å². The monoisotopic (exact) mass is 496 g/mol. The number of anilines is 1. The van der Waals surface area contributed by atoms with Gasteiger partial charge in [0.05, 0.1) is 23.8 Å². The Morgan fingerprint density at radius 2 is 1.74 bits per heavy atom. The zero-order valence-electron chi connectivity index (χ0n) is 19.6. The molecular weight excluding hydrogens is 468 g/mol. The average Bonchev–Trinajstić information content (AvgIpc) is 3.49. The molecule has 1 aliphatic carbocycles. The smallest absolute Gasteiger partial charge is 0.339 e. The van der Waals surface area contributed by atoms with Crippen LogP contribution in [0.15, 0.2) is 42.6 Å². The number of hydrogen-bond acceptors (Lipinski definition) is 7. The molecule has 0 N–H and O–H groups in total. The van der Waals surface area contributed by atoms with Crippen molar-refractivity contribution in [1.29, 1.82) is 0 Å². The van der Waals surface area contributed by atoms with E-state index in [9.17, 15) is 18.0 Å². The summed E-state index contributed by atoms with van der Waals surface area (Å²) in [5, 5.41) is 0. The van der Waals surface area contributed by atoms with Crippen LogP contribution in [0.2, 0.25) is 0 Å². The number of fused-ring (bicyclic) bond motifs is 2. The molecule has 1 atom stereocenters. The SMILES string of the molecule is CS(=O)(=O)N1CCN(c2ccc(C3(C(=O)N4CC[C@@]5(C4)OC(=O)c4ccccc45)CC3)cn2)CC1. The molecule has 1 saturated carbocycles. The van der Waals surface area contributed by atoms with E-state index in [1.807, 2.05) is 35.2 Å². The zero-order chi connectivity index (χ0) is 24.4. The first-order chi connectivity index (χ1) is 16.7. The number of aromatic nitrogens is 1. The Balaban J connectivity index is 1.16. The van der Waals surface area contributed by atoms with E-state index < -0.39 is 21.0 Å². The molecule has 0 bridgehead atoms. The van der Waals surface area contributed by atoms with E-state index >= 15 is 0 Å². The van der Waals surface area contributed by atoms with Crippen molar-refractivity contribution in [3.63, 3.8) is 0 Å². The number of nitrogens with zero attached hydrogens (tertiary/aromatic N) is 4. The van der Waals surface area contributed by atoms with Gasteiger partial charge in [-0.25, -0.2) is 18.2 Å². The van der Waals surface area contributed by atoms with Crippen molar-refractivity contribution < 1.29 is 22.7 Å². The largest absolute Gasteiger partial charge is 0.449 e. The van der Waals surface area contributed by atoms with Crippen LogP contribution >= 0.6 is 0 Å². The highest BCUT2D eigenvalue weighted by Crippen LogP contribution is 2.52. The predicted molar refractivity (Wildman–Crippen MR) is 129 cm³/mol. The van der Waals surface area contributed by atoms with E-state index in [0.717, 1.165) is 29.8 Å². The van der Waals surface area contributed by atoms with Gasteiger partial charge in [-0.2, -0.15) is 4.31 Å². The predicted octanol–water partition coefficient (Wildman–Crippen LogP) is 1.49. The quantitative estimate of drug-likeness (QED) is 0.592. The van der Waals surface area contributed by atoms with Gasteiger partial charge in [-0.05, 0) is 30.5 Å². The number of rotatable bonds is 4. The summed E-state index contributed by atoms with van der Waals surface area (Å²) in [5.41, 5.74) is 1.09. The average molecular weight is 497 g/mol. The number of carbonyl (C=O) groups excluding carboxylic acids is 2. The van der Waals surface area contributed by atoms with Gasteiger partial charge < -0.3 is 14.5 Å². The molecule has 1 aromatic heterocycles. The zero-order valence-corrected chi connectivity index (χ0v) is 20.5. The fraction of sp³-hybridized carbons (Fsp3) is 0.480. The number of hydrogen-bond donors (Lipinski definition) is 0. The molecule has 4 heterocycles. The normalized spacial score (nSPS) is 25.6. The third kappa shape index (κ3) is 3.61. The number of amides is 1. The molecule has 4 aliphatic rings. The maximum Gasteiger partial charge on any atom is 0.339 e. The third-order valence-corrected chi connectivity index (χ3v) is 9.24. The van der Waals surface area contributed by atoms with Gasteiger partial charge in [0, 0.05) is 50.9 Å². The molecule has 1 spiro atoms. The number of carbonyl (C=O) groups is 2. The lowest BCUT2D eigenvalue weighted by atomic mass is 9.91. The minimum Gasteiger partial charge on any atom is -0.449 e. The van der Waals surface area contributed by atoms with Crippen molar-refractivity contribution in [2.24, 2.45) is 0 Å². The molecule has 184 valence electrons. The van der Waals surface area contributed by atoms with Crippen molar-refractivity contribution in [2.75, 3.05) is 50.4 Å². The van der Waals surface area contributed by atoms with E-state index in [2.05, 4.69) is 9.88 Å². The van der Waals surface area contributed by atoms with Gasteiger partial charge in [0.2, 0.25) is 15.9 Å². The Bertz CT molecular complexity index is 1300. The summed E-state index contributed by atoms with van der Waals surface area (Å²) in [5.74, 6) is 0.555. The number of piperazine rings is 1. The maximum atomic E-state index is 13.7. The number of likely N-dealkylation sites (tertiary alicyclic amines) is 1. The number of sulfonamides is 1. The molecule has 3 fully saturated rings. The summed E-state index contributed by atoms with van der Waals surface area (Å²) in [6.07, 6.45) is 5.19. The Kier molecular flexibility index (Phi) is 4.98. The first-order valence-electron chi connectivity index (χ1n) is 12.0. The fourth-order valence-electron chi connectivity index (χ4n) is 5.76. The summed E-state index contributed by atoms with van der Waals surface area (Å²) in [4.78, 5) is 34.6. The second kappa shape index (κ2) is 7.76. The van der Waals surface area contributed by atoms with E-state index in [1.165, 1.54) is 10.6 Å². The minimum absolute atomic E-state index is 0.0751. The van der Waals surface area contributed by atoms with Crippen molar-refractivity contribution in [3.8, 4) is 0 Å². The van der Waals surface area contributed by atoms with Crippen LogP contribution < -0.4 is 4.90 Å². The summed E-state index contributed by atoms with van der Waals surface area (Å²) in [6, 6.07) is 11.4. The van der Waals surface area contributed by atoms with Crippen molar-refractivity contribution in [2.45, 2.75) is 30.3 Å². The summed E-state index contributed by atoms with van der Waals surface area (Å²) < 4.78 is 30.8. The first kappa shape index (κ1) is 22.5. The van der Waals surface area contributed by atoms with Gasteiger partial charge in [-0.3, -0.25) is 4.79 Å². The third-order valence-electron chi connectivity index (χ3n) is 7.94. The topological polar surface area (TPSA) is 100 Å². The molecular formula is C25H28N4O5S. The van der Waals surface area contributed by atoms with Gasteiger partial charge in [0.15, 0.2) is 5.60 Å². The summed E-state index contributed by atoms with van der Waals surface area (Å²) in [7, 11) is -3.18. The molecule has 35 heavy (non-hydrogen) atoms. The first-order valence-corrected chi connectivity index (χ1v) is 13.9. The molecule has 1 aromatic carbocycles. The fourth-order valence-corrected chi connectivity index (χ4v) is 6.59.